The third-order valence-corrected chi connectivity index (χ3v) is 5.43. The van der Waals surface area contributed by atoms with E-state index >= 15 is 0 Å². The number of rotatable bonds is 5. The lowest BCUT2D eigenvalue weighted by Gasteiger charge is -2.21. The summed E-state index contributed by atoms with van der Waals surface area (Å²) in [4.78, 5) is 30.9. The zero-order valence-electron chi connectivity index (χ0n) is 15.2. The average molecular weight is 378 g/mol. The Hall–Kier alpha value is -3.27. The highest BCUT2D eigenvalue weighted by Crippen LogP contribution is 2.51. The summed E-state index contributed by atoms with van der Waals surface area (Å²) < 4.78 is 13.0. The lowest BCUT2D eigenvalue weighted by Crippen LogP contribution is -2.35. The van der Waals surface area contributed by atoms with Gasteiger partial charge < -0.3 is 10.2 Å². The molecule has 0 unspecified atom stereocenters. The molecule has 1 aromatic heterocycles. The molecule has 2 heterocycles. The maximum absolute atomic E-state index is 13.0. The number of hydrogen-bond donors (Lipinski definition) is 1. The minimum Gasteiger partial charge on any atom is -0.311 e. The molecule has 2 aliphatic rings. The summed E-state index contributed by atoms with van der Waals surface area (Å²) in [6.07, 6.45) is 4.00. The molecule has 4 rings (SSSR count). The van der Waals surface area contributed by atoms with Crippen molar-refractivity contribution >= 4 is 23.3 Å². The molecule has 1 saturated carbocycles. The summed E-state index contributed by atoms with van der Waals surface area (Å²) in [6.45, 7) is 0.482. The molecule has 1 aromatic carbocycles. The van der Waals surface area contributed by atoms with E-state index in [1.165, 1.54) is 18.3 Å². The number of nitriles is 1. The normalized spacial score (nSPS) is 21.4. The first-order chi connectivity index (χ1) is 13.5. The van der Waals surface area contributed by atoms with Crippen LogP contribution in [0.2, 0.25) is 0 Å². The van der Waals surface area contributed by atoms with E-state index in [9.17, 15) is 19.2 Å². The Morgan fingerprint density at radius 2 is 2.07 bits per heavy atom. The maximum atomic E-state index is 13.0. The van der Waals surface area contributed by atoms with Gasteiger partial charge in [-0.2, -0.15) is 5.26 Å². The smallest absolute Gasteiger partial charge is 0.247 e. The molecule has 1 N–H and O–H groups in total. The van der Waals surface area contributed by atoms with E-state index in [0.717, 1.165) is 12.8 Å². The van der Waals surface area contributed by atoms with Crippen LogP contribution >= 0.6 is 0 Å². The zero-order valence-corrected chi connectivity index (χ0v) is 15.2. The summed E-state index contributed by atoms with van der Waals surface area (Å²) in [6, 6.07) is 11.3. The minimum absolute atomic E-state index is 0.0913. The lowest BCUT2D eigenvalue weighted by molar-refractivity contribution is -0.123. The van der Waals surface area contributed by atoms with Crippen LogP contribution < -0.4 is 10.2 Å². The van der Waals surface area contributed by atoms with Crippen molar-refractivity contribution < 1.29 is 14.0 Å². The van der Waals surface area contributed by atoms with Crippen LogP contribution in [-0.4, -0.2) is 23.3 Å². The molecule has 7 heteroatoms. The van der Waals surface area contributed by atoms with Crippen molar-refractivity contribution in [3.05, 3.63) is 54.0 Å². The van der Waals surface area contributed by atoms with Gasteiger partial charge >= 0.3 is 0 Å². The highest BCUT2D eigenvalue weighted by Gasteiger charge is 2.56. The Morgan fingerprint density at radius 3 is 2.75 bits per heavy atom. The van der Waals surface area contributed by atoms with E-state index in [1.807, 2.05) is 0 Å². The maximum Gasteiger partial charge on any atom is 0.247 e. The first-order valence-corrected chi connectivity index (χ1v) is 9.25. The molecule has 142 valence electrons. The number of halogens is 1. The topological polar surface area (TPSA) is 86.1 Å². The van der Waals surface area contributed by atoms with Crippen molar-refractivity contribution in [3.63, 3.8) is 0 Å². The number of carbonyl (C=O) groups excluding carboxylic acids is 2. The van der Waals surface area contributed by atoms with Crippen molar-refractivity contribution in [3.8, 4) is 6.07 Å². The van der Waals surface area contributed by atoms with Crippen LogP contribution in [0.1, 0.15) is 24.8 Å². The van der Waals surface area contributed by atoms with E-state index in [-0.39, 0.29) is 30.0 Å². The summed E-state index contributed by atoms with van der Waals surface area (Å²) in [5, 5.41) is 12.3. The molecule has 0 spiro atoms. The molecule has 0 radical (unpaired) electrons. The van der Waals surface area contributed by atoms with Gasteiger partial charge in [-0.3, -0.25) is 9.59 Å². The number of nitrogens with one attached hydrogen (secondary N) is 1. The first-order valence-electron chi connectivity index (χ1n) is 9.25. The Bertz CT molecular complexity index is 965. The van der Waals surface area contributed by atoms with Crippen LogP contribution in [0.4, 0.5) is 15.9 Å². The number of aromatic nitrogens is 1. The van der Waals surface area contributed by atoms with Gasteiger partial charge in [-0.1, -0.05) is 12.1 Å². The highest BCUT2D eigenvalue weighted by molar-refractivity contribution is 6.02. The number of hydrogen-bond acceptors (Lipinski definition) is 4. The quantitative estimate of drug-likeness (QED) is 0.866. The lowest BCUT2D eigenvalue weighted by atomic mass is 9.83. The van der Waals surface area contributed by atoms with Crippen molar-refractivity contribution in [1.29, 1.82) is 5.26 Å². The van der Waals surface area contributed by atoms with E-state index in [2.05, 4.69) is 16.4 Å². The largest absolute Gasteiger partial charge is 0.311 e. The van der Waals surface area contributed by atoms with Gasteiger partial charge in [0.15, 0.2) is 0 Å². The Labute approximate surface area is 162 Å². The van der Waals surface area contributed by atoms with Gasteiger partial charge in [0.1, 0.15) is 17.1 Å². The molecular weight excluding hydrogens is 359 g/mol. The van der Waals surface area contributed by atoms with Crippen LogP contribution in [0.25, 0.3) is 0 Å². The zero-order chi connectivity index (χ0) is 19.7. The number of pyridine rings is 1. The van der Waals surface area contributed by atoms with Crippen LogP contribution in [0.3, 0.4) is 0 Å². The van der Waals surface area contributed by atoms with E-state index in [0.29, 0.717) is 30.0 Å². The number of nitrogens with zero attached hydrogens (tertiary/aromatic N) is 3. The molecule has 6 nitrogen and oxygen atoms in total. The Balaban J connectivity index is 1.46. The minimum atomic E-state index is -0.907. The number of anilines is 2. The molecule has 28 heavy (non-hydrogen) atoms. The van der Waals surface area contributed by atoms with Crippen LogP contribution in [0, 0.1) is 28.5 Å². The number of benzene rings is 1. The number of amides is 2. The fourth-order valence-electron chi connectivity index (χ4n) is 3.76. The highest BCUT2D eigenvalue weighted by atomic mass is 19.1. The molecule has 1 aliphatic carbocycles. The molecule has 2 aromatic rings. The van der Waals surface area contributed by atoms with E-state index < -0.39 is 5.41 Å². The van der Waals surface area contributed by atoms with Gasteiger partial charge in [0.2, 0.25) is 11.8 Å². The molecule has 1 atom stereocenters. The van der Waals surface area contributed by atoms with Gasteiger partial charge in [-0.25, -0.2) is 9.37 Å². The Morgan fingerprint density at radius 1 is 1.32 bits per heavy atom. The fraction of sp³-hybridized carbons (Fsp3) is 0.333. The van der Waals surface area contributed by atoms with Crippen molar-refractivity contribution in [2.45, 2.75) is 25.7 Å². The third kappa shape index (κ3) is 3.33. The van der Waals surface area contributed by atoms with E-state index in [4.69, 9.17) is 0 Å². The molecule has 2 fully saturated rings. The summed E-state index contributed by atoms with van der Waals surface area (Å²) in [5.74, 6) is -0.306. The molecular formula is C21H19FN4O2. The first kappa shape index (κ1) is 18.1. The standard InChI is InChI=1S/C21H19FN4O2/c22-16-5-1-14(2-6-16)11-19(27)25-18-12-17(7-9-24-18)26-10-8-21(13-23,20(26)28)15-3-4-15/h1-2,5-7,9,12,15H,3-4,8,10-11H2,(H,24,25,27)/t21-/m1/s1. The molecule has 2 amide bonds. The summed E-state index contributed by atoms with van der Waals surface area (Å²) in [7, 11) is 0. The van der Waals surface area contributed by atoms with Gasteiger partial charge in [0.25, 0.3) is 0 Å². The van der Waals surface area contributed by atoms with Gasteiger partial charge in [0.05, 0.1) is 12.5 Å². The SMILES string of the molecule is N#C[C@@]1(C2CC2)CCN(c2ccnc(NC(=O)Cc3ccc(F)cc3)c2)C1=O. The third-order valence-electron chi connectivity index (χ3n) is 5.43. The van der Waals surface area contributed by atoms with Gasteiger partial charge in [-0.05, 0) is 48.9 Å². The second kappa shape index (κ2) is 7.04. The van der Waals surface area contributed by atoms with E-state index in [1.54, 1.807) is 29.2 Å². The van der Waals surface area contributed by atoms with Crippen molar-refractivity contribution in [1.82, 2.24) is 4.98 Å². The molecule has 0 bridgehead atoms. The van der Waals surface area contributed by atoms with Crippen LogP contribution in [-0.2, 0) is 16.0 Å². The average Bonchev–Trinajstić information content (AvgIpc) is 3.48. The van der Waals surface area contributed by atoms with Crippen LogP contribution in [0.15, 0.2) is 42.6 Å². The predicted molar refractivity (Wildman–Crippen MR) is 101 cm³/mol. The summed E-state index contributed by atoms with van der Waals surface area (Å²) >= 11 is 0. The predicted octanol–water partition coefficient (Wildman–Crippen LogP) is 3.06. The Kier molecular flexibility index (Phi) is 4.55. The molecule has 1 aliphatic heterocycles. The van der Waals surface area contributed by atoms with Crippen molar-refractivity contribution in [2.24, 2.45) is 11.3 Å². The summed E-state index contributed by atoms with van der Waals surface area (Å²) in [5.41, 5.74) is 0.401. The van der Waals surface area contributed by atoms with Crippen molar-refractivity contribution in [2.75, 3.05) is 16.8 Å². The second-order valence-corrected chi connectivity index (χ2v) is 7.31. The molecule has 1 saturated heterocycles. The second-order valence-electron chi connectivity index (χ2n) is 7.31. The fourth-order valence-corrected chi connectivity index (χ4v) is 3.76. The van der Waals surface area contributed by atoms with Gasteiger partial charge in [0, 0.05) is 24.5 Å². The number of carbonyl (C=O) groups is 2. The van der Waals surface area contributed by atoms with Crippen LogP contribution in [0.5, 0.6) is 0 Å². The monoisotopic (exact) mass is 378 g/mol. The van der Waals surface area contributed by atoms with Gasteiger partial charge in [-0.15, -0.1) is 0 Å².